The summed E-state index contributed by atoms with van der Waals surface area (Å²) in [4.78, 5) is 28.9. The molecule has 1 atom stereocenters. The highest BCUT2D eigenvalue weighted by Crippen LogP contribution is 2.37. The van der Waals surface area contributed by atoms with Crippen molar-refractivity contribution in [3.63, 3.8) is 0 Å². The van der Waals surface area contributed by atoms with Crippen LogP contribution in [-0.2, 0) is 17.6 Å². The Kier molecular flexibility index (Phi) is 5.12. The van der Waals surface area contributed by atoms with Gasteiger partial charge in [-0.1, -0.05) is 12.1 Å². The molecule has 2 amide bonds. The molecule has 2 aromatic rings. The first kappa shape index (κ1) is 16.5. The topological polar surface area (TPSA) is 91.3 Å². The molecule has 3 N–H and O–H groups in total. The molecule has 3 rings (SSSR count). The fourth-order valence-electron chi connectivity index (χ4n) is 2.54. The average molecular weight is 343 g/mol. The molecule has 24 heavy (non-hydrogen) atoms. The molecule has 0 saturated heterocycles. The molecule has 1 aliphatic heterocycles. The van der Waals surface area contributed by atoms with Crippen LogP contribution < -0.4 is 10.8 Å². The van der Waals surface area contributed by atoms with Crippen molar-refractivity contribution in [2.45, 2.75) is 23.0 Å². The molecule has 1 aromatic carbocycles. The number of carbonyl (C=O) groups excluding carboxylic acids is 2. The number of aromatic nitrogens is 1. The van der Waals surface area contributed by atoms with Crippen LogP contribution in [-0.4, -0.2) is 33.8 Å². The Morgan fingerprint density at radius 3 is 2.92 bits per heavy atom. The van der Waals surface area contributed by atoms with Crippen molar-refractivity contribution in [2.75, 3.05) is 6.54 Å². The summed E-state index contributed by atoms with van der Waals surface area (Å²) < 4.78 is 0. The summed E-state index contributed by atoms with van der Waals surface area (Å²) in [7, 11) is 0. The number of hydrogen-bond donors (Lipinski definition) is 3. The number of fused-ring (bicyclic) bond motifs is 1. The molecule has 0 bridgehead atoms. The molecular formula is C17H17N3O3S. The maximum atomic E-state index is 12.2. The third kappa shape index (κ3) is 3.74. The SMILES string of the molecule is O=C(NCCc1ccccn1)c1ccc2c(c1)SC(C(=O)NO)C2. The molecule has 1 aromatic heterocycles. The van der Waals surface area contributed by atoms with E-state index in [0.29, 0.717) is 24.9 Å². The van der Waals surface area contributed by atoms with Crippen LogP contribution in [0, 0.1) is 0 Å². The molecular weight excluding hydrogens is 326 g/mol. The molecule has 0 saturated carbocycles. The summed E-state index contributed by atoms with van der Waals surface area (Å²) in [6, 6.07) is 11.1. The van der Waals surface area contributed by atoms with E-state index in [-0.39, 0.29) is 11.2 Å². The lowest BCUT2D eigenvalue weighted by molar-refractivity contribution is -0.128. The van der Waals surface area contributed by atoms with Crippen LogP contribution in [0.1, 0.15) is 21.6 Å². The number of pyridine rings is 1. The standard InChI is InChI=1S/C17H17N3O3S/c21-16(19-8-6-13-3-1-2-7-18-13)12-5-4-11-9-15(17(22)20-23)24-14(11)10-12/h1-5,7,10,15,23H,6,8-9H2,(H,19,21)(H,20,22). The zero-order valence-electron chi connectivity index (χ0n) is 12.9. The van der Waals surface area contributed by atoms with E-state index >= 15 is 0 Å². The predicted octanol–water partition coefficient (Wildman–Crippen LogP) is 1.58. The van der Waals surface area contributed by atoms with E-state index in [0.717, 1.165) is 16.2 Å². The second kappa shape index (κ2) is 7.46. The molecule has 0 spiro atoms. The Morgan fingerprint density at radius 2 is 2.17 bits per heavy atom. The normalized spacial score (nSPS) is 15.6. The van der Waals surface area contributed by atoms with Crippen molar-refractivity contribution in [1.82, 2.24) is 15.8 Å². The van der Waals surface area contributed by atoms with Crippen LogP contribution in [0.25, 0.3) is 0 Å². The lowest BCUT2D eigenvalue weighted by Crippen LogP contribution is -2.29. The van der Waals surface area contributed by atoms with Gasteiger partial charge in [0.2, 0.25) is 0 Å². The van der Waals surface area contributed by atoms with Crippen molar-refractivity contribution in [2.24, 2.45) is 0 Å². The third-order valence-electron chi connectivity index (χ3n) is 3.80. The van der Waals surface area contributed by atoms with Gasteiger partial charge in [-0.05, 0) is 36.2 Å². The minimum absolute atomic E-state index is 0.149. The highest BCUT2D eigenvalue weighted by molar-refractivity contribution is 8.01. The van der Waals surface area contributed by atoms with Gasteiger partial charge in [-0.2, -0.15) is 0 Å². The minimum atomic E-state index is -0.419. The van der Waals surface area contributed by atoms with Gasteiger partial charge in [-0.3, -0.25) is 19.8 Å². The van der Waals surface area contributed by atoms with Gasteiger partial charge in [0.1, 0.15) is 0 Å². The van der Waals surface area contributed by atoms with Crippen molar-refractivity contribution in [1.29, 1.82) is 0 Å². The summed E-state index contributed by atoms with van der Waals surface area (Å²) in [5.41, 5.74) is 4.18. The van der Waals surface area contributed by atoms with Crippen molar-refractivity contribution < 1.29 is 14.8 Å². The van der Waals surface area contributed by atoms with Crippen molar-refractivity contribution in [3.8, 4) is 0 Å². The lowest BCUT2D eigenvalue weighted by atomic mass is 10.1. The Morgan fingerprint density at radius 1 is 1.29 bits per heavy atom. The van der Waals surface area contributed by atoms with E-state index in [4.69, 9.17) is 5.21 Å². The van der Waals surface area contributed by atoms with Crippen LogP contribution in [0.4, 0.5) is 0 Å². The zero-order valence-corrected chi connectivity index (χ0v) is 13.7. The van der Waals surface area contributed by atoms with Crippen LogP contribution in [0.3, 0.4) is 0 Å². The number of benzene rings is 1. The van der Waals surface area contributed by atoms with Crippen molar-refractivity contribution in [3.05, 3.63) is 59.4 Å². The number of amides is 2. The van der Waals surface area contributed by atoms with E-state index in [1.807, 2.05) is 24.3 Å². The number of hydroxylamine groups is 1. The van der Waals surface area contributed by atoms with E-state index in [2.05, 4.69) is 10.3 Å². The molecule has 1 aliphatic rings. The number of thioether (sulfide) groups is 1. The number of nitrogens with zero attached hydrogens (tertiary/aromatic N) is 1. The van der Waals surface area contributed by atoms with Crippen LogP contribution >= 0.6 is 11.8 Å². The smallest absolute Gasteiger partial charge is 0.257 e. The maximum Gasteiger partial charge on any atom is 0.257 e. The second-order valence-electron chi connectivity index (χ2n) is 5.44. The van der Waals surface area contributed by atoms with Gasteiger partial charge in [0.25, 0.3) is 11.8 Å². The van der Waals surface area contributed by atoms with E-state index in [9.17, 15) is 9.59 Å². The molecule has 0 radical (unpaired) electrons. The van der Waals surface area contributed by atoms with Crippen molar-refractivity contribution >= 4 is 23.6 Å². The molecule has 0 fully saturated rings. The second-order valence-corrected chi connectivity index (χ2v) is 6.68. The molecule has 124 valence electrons. The minimum Gasteiger partial charge on any atom is -0.352 e. The van der Waals surface area contributed by atoms with Crippen LogP contribution in [0.2, 0.25) is 0 Å². The number of carbonyl (C=O) groups is 2. The Balaban J connectivity index is 1.58. The maximum absolute atomic E-state index is 12.2. The molecule has 6 nitrogen and oxygen atoms in total. The third-order valence-corrected chi connectivity index (χ3v) is 5.10. The Labute approximate surface area is 143 Å². The summed E-state index contributed by atoms with van der Waals surface area (Å²) in [6.45, 7) is 0.510. The first-order valence-corrected chi connectivity index (χ1v) is 8.47. The van der Waals surface area contributed by atoms with Gasteiger partial charge in [0.15, 0.2) is 0 Å². The first-order valence-electron chi connectivity index (χ1n) is 7.59. The van der Waals surface area contributed by atoms with Gasteiger partial charge < -0.3 is 5.32 Å². The predicted molar refractivity (Wildman–Crippen MR) is 90.0 cm³/mol. The fourth-order valence-corrected chi connectivity index (χ4v) is 3.77. The van der Waals surface area contributed by atoms with E-state index < -0.39 is 5.91 Å². The highest BCUT2D eigenvalue weighted by Gasteiger charge is 2.28. The Hall–Kier alpha value is -2.38. The van der Waals surface area contributed by atoms with Crippen LogP contribution in [0.5, 0.6) is 0 Å². The van der Waals surface area contributed by atoms with Gasteiger partial charge in [0.05, 0.1) is 5.25 Å². The number of nitrogens with one attached hydrogen (secondary N) is 2. The highest BCUT2D eigenvalue weighted by atomic mass is 32.2. The van der Waals surface area contributed by atoms with Crippen LogP contribution in [0.15, 0.2) is 47.5 Å². The molecule has 0 aliphatic carbocycles. The summed E-state index contributed by atoms with van der Waals surface area (Å²) in [6.07, 6.45) is 2.95. The van der Waals surface area contributed by atoms with Gasteiger partial charge >= 0.3 is 0 Å². The van der Waals surface area contributed by atoms with Gasteiger partial charge in [-0.25, -0.2) is 5.48 Å². The lowest BCUT2D eigenvalue weighted by Gasteiger charge is -2.06. The monoisotopic (exact) mass is 343 g/mol. The van der Waals surface area contributed by atoms with E-state index in [1.54, 1.807) is 23.8 Å². The number of hydrogen-bond acceptors (Lipinski definition) is 5. The fraction of sp³-hybridized carbons (Fsp3) is 0.235. The van der Waals surface area contributed by atoms with Gasteiger partial charge in [0, 0.05) is 35.3 Å². The summed E-state index contributed by atoms with van der Waals surface area (Å²) in [5, 5.41) is 11.2. The zero-order chi connectivity index (χ0) is 16.9. The number of rotatable bonds is 5. The molecule has 1 unspecified atom stereocenters. The van der Waals surface area contributed by atoms with Gasteiger partial charge in [-0.15, -0.1) is 11.8 Å². The molecule has 2 heterocycles. The van der Waals surface area contributed by atoms with E-state index in [1.165, 1.54) is 11.8 Å². The average Bonchev–Trinajstić information content (AvgIpc) is 3.05. The summed E-state index contributed by atoms with van der Waals surface area (Å²) in [5.74, 6) is -0.568. The largest absolute Gasteiger partial charge is 0.352 e. The molecule has 7 heteroatoms. The quantitative estimate of drug-likeness (QED) is 0.566. The first-order chi connectivity index (χ1) is 11.7. The Bertz CT molecular complexity index is 752. The summed E-state index contributed by atoms with van der Waals surface area (Å²) >= 11 is 1.36.